The molecule has 1 atom stereocenters. The van der Waals surface area contributed by atoms with E-state index in [1.807, 2.05) is 13.0 Å². The number of aryl methyl sites for hydroxylation is 1. The summed E-state index contributed by atoms with van der Waals surface area (Å²) < 4.78 is 7.63. The van der Waals surface area contributed by atoms with Crippen molar-refractivity contribution >= 4 is 47.8 Å². The molecule has 0 aliphatic rings. The Labute approximate surface area is 145 Å². The van der Waals surface area contributed by atoms with Gasteiger partial charge in [-0.1, -0.05) is 44.0 Å². The van der Waals surface area contributed by atoms with Crippen LogP contribution in [-0.4, -0.2) is 6.61 Å². The number of ether oxygens (including phenoxy) is 1. The Morgan fingerprint density at radius 3 is 2.45 bits per heavy atom. The Morgan fingerprint density at radius 2 is 1.85 bits per heavy atom. The number of alkyl halides is 1. The molecule has 0 aliphatic heterocycles. The molecule has 4 heteroatoms. The molecule has 106 valence electrons. The molecule has 0 bridgehead atoms. The zero-order chi connectivity index (χ0) is 14.7. The molecule has 0 aromatic heterocycles. The van der Waals surface area contributed by atoms with E-state index in [9.17, 15) is 0 Å². The lowest BCUT2D eigenvalue weighted by molar-refractivity contribution is 0.338. The molecule has 2 aromatic carbocycles. The second-order valence-corrected chi connectivity index (χ2v) is 7.17. The van der Waals surface area contributed by atoms with E-state index in [0.29, 0.717) is 6.61 Å². The highest BCUT2D eigenvalue weighted by molar-refractivity contribution is 9.11. The lowest BCUT2D eigenvalue weighted by atomic mass is 10.0. The molecule has 0 fully saturated rings. The second-order valence-electron chi connectivity index (χ2n) is 4.49. The highest BCUT2D eigenvalue weighted by atomic mass is 79.9. The first-order valence-electron chi connectivity index (χ1n) is 6.35. The molecule has 0 heterocycles. The molecule has 0 amide bonds. The van der Waals surface area contributed by atoms with Gasteiger partial charge in [0.25, 0.3) is 0 Å². The number of halogens is 3. The maximum Gasteiger partial charge on any atom is 0.133 e. The third-order valence-corrected chi connectivity index (χ3v) is 5.19. The van der Waals surface area contributed by atoms with Gasteiger partial charge in [-0.3, -0.25) is 0 Å². The van der Waals surface area contributed by atoms with Gasteiger partial charge in [-0.2, -0.15) is 0 Å². The molecule has 20 heavy (non-hydrogen) atoms. The molecule has 2 rings (SSSR count). The average Bonchev–Trinajstić information content (AvgIpc) is 2.40. The summed E-state index contributed by atoms with van der Waals surface area (Å²) in [6.07, 6.45) is 0. The van der Waals surface area contributed by atoms with E-state index >= 15 is 0 Å². The van der Waals surface area contributed by atoms with Crippen LogP contribution in [0.3, 0.4) is 0 Å². The summed E-state index contributed by atoms with van der Waals surface area (Å²) in [7, 11) is 0. The van der Waals surface area contributed by atoms with Gasteiger partial charge in [0.05, 0.1) is 15.9 Å². The van der Waals surface area contributed by atoms with Gasteiger partial charge >= 0.3 is 0 Å². The van der Waals surface area contributed by atoms with Crippen LogP contribution >= 0.6 is 47.8 Å². The van der Waals surface area contributed by atoms with Gasteiger partial charge < -0.3 is 4.74 Å². The van der Waals surface area contributed by atoms with Gasteiger partial charge in [0, 0.05) is 4.47 Å². The minimum atomic E-state index is 0.169. The second kappa shape index (κ2) is 7.10. The van der Waals surface area contributed by atoms with E-state index in [2.05, 4.69) is 85.0 Å². The van der Waals surface area contributed by atoms with E-state index < -0.39 is 0 Å². The van der Waals surface area contributed by atoms with Crippen molar-refractivity contribution in [1.82, 2.24) is 0 Å². The highest BCUT2D eigenvalue weighted by Gasteiger charge is 2.14. The number of hydrogen-bond donors (Lipinski definition) is 0. The highest BCUT2D eigenvalue weighted by Crippen LogP contribution is 2.37. The molecular weight excluding hydrogens is 448 g/mol. The SMILES string of the molecule is CCOc1ccc(C(Br)c2ccc(Br)cc2C)cc1Br. The number of hydrogen-bond acceptors (Lipinski definition) is 1. The summed E-state index contributed by atoms with van der Waals surface area (Å²) >= 11 is 10.9. The first-order chi connectivity index (χ1) is 9.52. The van der Waals surface area contributed by atoms with E-state index in [0.717, 1.165) is 14.7 Å². The predicted octanol–water partition coefficient (Wildman–Crippen LogP) is 6.40. The monoisotopic (exact) mass is 460 g/mol. The molecule has 2 aromatic rings. The Hall–Kier alpha value is -0.320. The van der Waals surface area contributed by atoms with Crippen molar-refractivity contribution in [1.29, 1.82) is 0 Å². The Bertz CT molecular complexity index is 611. The fraction of sp³-hybridized carbons (Fsp3) is 0.250. The largest absolute Gasteiger partial charge is 0.493 e. The molecule has 1 unspecified atom stereocenters. The van der Waals surface area contributed by atoms with Crippen LogP contribution in [0.4, 0.5) is 0 Å². The third kappa shape index (κ3) is 3.66. The van der Waals surface area contributed by atoms with Crippen LogP contribution in [0.25, 0.3) is 0 Å². The van der Waals surface area contributed by atoms with Crippen LogP contribution in [0.15, 0.2) is 45.3 Å². The zero-order valence-electron chi connectivity index (χ0n) is 11.3. The summed E-state index contributed by atoms with van der Waals surface area (Å²) in [5.41, 5.74) is 3.72. The molecule has 0 saturated heterocycles. The van der Waals surface area contributed by atoms with Crippen LogP contribution in [0.2, 0.25) is 0 Å². The van der Waals surface area contributed by atoms with Crippen molar-refractivity contribution in [3.8, 4) is 5.75 Å². The van der Waals surface area contributed by atoms with E-state index in [1.165, 1.54) is 16.7 Å². The summed E-state index contributed by atoms with van der Waals surface area (Å²) in [4.78, 5) is 0.169. The van der Waals surface area contributed by atoms with Crippen LogP contribution in [-0.2, 0) is 0 Å². The molecule has 0 radical (unpaired) electrons. The van der Waals surface area contributed by atoms with Crippen molar-refractivity contribution in [3.05, 3.63) is 62.0 Å². The lowest BCUT2D eigenvalue weighted by Crippen LogP contribution is -1.98. The van der Waals surface area contributed by atoms with Crippen LogP contribution < -0.4 is 4.74 Å². The Morgan fingerprint density at radius 1 is 1.10 bits per heavy atom. The summed E-state index contributed by atoms with van der Waals surface area (Å²) in [6, 6.07) is 12.5. The van der Waals surface area contributed by atoms with Gasteiger partial charge in [-0.15, -0.1) is 0 Å². The molecule has 0 spiro atoms. The van der Waals surface area contributed by atoms with Crippen molar-refractivity contribution in [2.24, 2.45) is 0 Å². The van der Waals surface area contributed by atoms with Gasteiger partial charge in [-0.05, 0) is 70.7 Å². The summed E-state index contributed by atoms with van der Waals surface area (Å²) in [5.74, 6) is 0.878. The predicted molar refractivity (Wildman–Crippen MR) is 95.0 cm³/mol. The standard InChI is InChI=1S/C16H15Br3O/c1-3-20-15-7-4-11(9-14(15)18)16(19)13-6-5-12(17)8-10(13)2/h4-9,16H,3H2,1-2H3. The Kier molecular flexibility index (Phi) is 5.70. The van der Waals surface area contributed by atoms with Crippen molar-refractivity contribution in [2.75, 3.05) is 6.61 Å². The van der Waals surface area contributed by atoms with Gasteiger partial charge in [0.1, 0.15) is 5.75 Å². The van der Waals surface area contributed by atoms with Crippen LogP contribution in [0.1, 0.15) is 28.4 Å². The first-order valence-corrected chi connectivity index (χ1v) is 8.85. The van der Waals surface area contributed by atoms with E-state index in [1.54, 1.807) is 0 Å². The van der Waals surface area contributed by atoms with Crippen LogP contribution in [0.5, 0.6) is 5.75 Å². The van der Waals surface area contributed by atoms with Crippen molar-refractivity contribution in [3.63, 3.8) is 0 Å². The maximum absolute atomic E-state index is 5.55. The van der Waals surface area contributed by atoms with Gasteiger partial charge in [0.15, 0.2) is 0 Å². The van der Waals surface area contributed by atoms with E-state index in [4.69, 9.17) is 4.74 Å². The molecule has 0 saturated carbocycles. The number of rotatable bonds is 4. The lowest BCUT2D eigenvalue weighted by Gasteiger charge is -2.15. The molecule has 1 nitrogen and oxygen atoms in total. The first kappa shape index (κ1) is 16.1. The van der Waals surface area contributed by atoms with E-state index in [-0.39, 0.29) is 4.83 Å². The van der Waals surface area contributed by atoms with Crippen molar-refractivity contribution < 1.29 is 4.74 Å². The molecule has 0 aliphatic carbocycles. The topological polar surface area (TPSA) is 9.23 Å². The fourth-order valence-electron chi connectivity index (χ4n) is 2.05. The maximum atomic E-state index is 5.55. The quantitative estimate of drug-likeness (QED) is 0.477. The smallest absolute Gasteiger partial charge is 0.133 e. The van der Waals surface area contributed by atoms with Crippen LogP contribution in [0, 0.1) is 6.92 Å². The minimum Gasteiger partial charge on any atom is -0.493 e. The third-order valence-electron chi connectivity index (χ3n) is 3.05. The molecule has 0 N–H and O–H groups in total. The number of benzene rings is 2. The summed E-state index contributed by atoms with van der Waals surface area (Å²) in [5, 5.41) is 0. The fourth-order valence-corrected chi connectivity index (χ4v) is 3.84. The minimum absolute atomic E-state index is 0.169. The zero-order valence-corrected chi connectivity index (χ0v) is 16.0. The van der Waals surface area contributed by atoms with Crippen molar-refractivity contribution in [2.45, 2.75) is 18.7 Å². The van der Waals surface area contributed by atoms with Gasteiger partial charge in [0.2, 0.25) is 0 Å². The van der Waals surface area contributed by atoms with Gasteiger partial charge in [-0.25, -0.2) is 0 Å². The normalized spacial score (nSPS) is 12.2. The summed E-state index contributed by atoms with van der Waals surface area (Å²) in [6.45, 7) is 4.78. The average molecular weight is 463 g/mol. The Balaban J connectivity index is 2.33. The molecular formula is C16H15Br3O.